The number of hydrogen-bond donors (Lipinski definition) is 0. The van der Waals surface area contributed by atoms with Crippen molar-refractivity contribution in [1.82, 2.24) is 0 Å². The highest BCUT2D eigenvalue weighted by Gasteiger charge is 1.86. The fourth-order valence-electron chi connectivity index (χ4n) is 0.160. The van der Waals surface area contributed by atoms with Gasteiger partial charge in [-0.25, -0.2) is 0 Å². The third-order valence-corrected chi connectivity index (χ3v) is 1.20. The van der Waals surface area contributed by atoms with E-state index >= 15 is 0 Å². The van der Waals surface area contributed by atoms with Crippen LogP contribution in [0.5, 0.6) is 0 Å². The Morgan fingerprint density at radius 3 is 2.71 bits per heavy atom. The van der Waals surface area contributed by atoms with Gasteiger partial charge in [0.25, 0.3) is 0 Å². The topological polar surface area (TPSA) is 9.23 Å². The van der Waals surface area contributed by atoms with Crippen molar-refractivity contribution in [3.05, 3.63) is 6.26 Å². The molecule has 0 aromatic heterocycles. The molecule has 0 N–H and O–H groups in total. The molecule has 0 aromatic carbocycles. The van der Waals surface area contributed by atoms with E-state index in [1.165, 1.54) is 11.8 Å². The maximum absolute atomic E-state index is 4.82. The second-order valence-corrected chi connectivity index (χ2v) is 2.12. The minimum absolute atomic E-state index is 0.516. The molecule has 0 aliphatic rings. The molecule has 0 aliphatic heterocycles. The molecule has 0 atom stereocenters. The molecule has 0 unspecified atom stereocenters. The minimum atomic E-state index is 0.516. The van der Waals surface area contributed by atoms with Gasteiger partial charge in [0.15, 0.2) is 0 Å². The quantitative estimate of drug-likeness (QED) is 0.508. The minimum Gasteiger partial charge on any atom is -0.479 e. The summed E-state index contributed by atoms with van der Waals surface area (Å²) in [7, 11) is 0. The Hall–Kier alpha value is 0.240. The van der Waals surface area contributed by atoms with Crippen molar-refractivity contribution >= 4 is 28.4 Å². The number of rotatable bonds is 1. The van der Waals surface area contributed by atoms with Gasteiger partial charge in [-0.15, -0.1) is 0 Å². The summed E-state index contributed by atoms with van der Waals surface area (Å²) in [5.41, 5.74) is 0. The summed E-state index contributed by atoms with van der Waals surface area (Å²) < 4.78 is 5.34. The Bertz CT molecular complexity index is 62.7. The van der Waals surface area contributed by atoms with E-state index in [2.05, 4.69) is 18.5 Å². The van der Waals surface area contributed by atoms with Crippen LogP contribution in [-0.2, 0) is 4.74 Å². The molecule has 0 bridgehead atoms. The van der Waals surface area contributed by atoms with Crippen molar-refractivity contribution in [3.63, 3.8) is 0 Å². The van der Waals surface area contributed by atoms with Crippen LogP contribution in [0.4, 0.5) is 0 Å². The average Bonchev–Trinajstić information content (AvgIpc) is 1.68. The Balaban J connectivity index is 3.00. The molecule has 0 fully saturated rings. The molecule has 1 nitrogen and oxygen atoms in total. The lowest BCUT2D eigenvalue weighted by Gasteiger charge is -1.96. The lowest BCUT2D eigenvalue weighted by Crippen LogP contribution is -1.92. The summed E-state index contributed by atoms with van der Waals surface area (Å²) in [5, 5.41) is 0. The molecule has 0 rings (SSSR count). The fourth-order valence-corrected chi connectivity index (χ4v) is 0.479. The van der Waals surface area contributed by atoms with E-state index in [9.17, 15) is 0 Å². The maximum Gasteiger partial charge on any atom is 0.219 e. The standard InChI is InChI=1S/C4H7OS2/c1-3-5-4(6)7-2/h2-3H2,1H3. The molecule has 0 spiro atoms. The van der Waals surface area contributed by atoms with E-state index in [-0.39, 0.29) is 0 Å². The summed E-state index contributed by atoms with van der Waals surface area (Å²) in [6.07, 6.45) is 3.45. The van der Waals surface area contributed by atoms with Crippen LogP contribution in [0.25, 0.3) is 0 Å². The van der Waals surface area contributed by atoms with E-state index in [4.69, 9.17) is 4.74 Å². The molecule has 0 saturated heterocycles. The number of thiocarbonyl (C=S) groups is 1. The van der Waals surface area contributed by atoms with Crippen LogP contribution < -0.4 is 0 Å². The first-order valence-electron chi connectivity index (χ1n) is 1.90. The lowest BCUT2D eigenvalue weighted by atomic mass is 10.9. The van der Waals surface area contributed by atoms with Gasteiger partial charge >= 0.3 is 0 Å². The normalized spacial score (nSPS) is 8.29. The highest BCUT2D eigenvalue weighted by molar-refractivity contribution is 8.23. The molecule has 41 valence electrons. The molecule has 3 heteroatoms. The zero-order chi connectivity index (χ0) is 5.70. The molecule has 0 aromatic rings. The van der Waals surface area contributed by atoms with Crippen LogP contribution in [-0.4, -0.2) is 11.0 Å². The van der Waals surface area contributed by atoms with Crippen molar-refractivity contribution in [2.45, 2.75) is 6.92 Å². The first kappa shape index (κ1) is 7.24. The molecular formula is C4H7OS2. The monoisotopic (exact) mass is 135 g/mol. The summed E-state index contributed by atoms with van der Waals surface area (Å²) in [4.78, 5) is 0. The first-order valence-corrected chi connectivity index (χ1v) is 3.29. The average molecular weight is 135 g/mol. The molecule has 7 heavy (non-hydrogen) atoms. The second-order valence-electron chi connectivity index (χ2n) is 0.827. The molecule has 0 saturated carbocycles. The Kier molecular flexibility index (Phi) is 4.55. The van der Waals surface area contributed by atoms with Crippen molar-refractivity contribution < 1.29 is 4.74 Å². The van der Waals surface area contributed by atoms with Crippen LogP contribution in [0.15, 0.2) is 0 Å². The summed E-state index contributed by atoms with van der Waals surface area (Å²) in [5.74, 6) is 0. The van der Waals surface area contributed by atoms with Gasteiger partial charge in [0, 0.05) is 6.26 Å². The second kappa shape index (κ2) is 4.40. The summed E-state index contributed by atoms with van der Waals surface area (Å²) >= 11 is 5.84. The summed E-state index contributed by atoms with van der Waals surface area (Å²) in [6, 6.07) is 0. The van der Waals surface area contributed by atoms with Crippen molar-refractivity contribution in [2.24, 2.45) is 0 Å². The van der Waals surface area contributed by atoms with Gasteiger partial charge in [-0.1, -0.05) is 11.8 Å². The van der Waals surface area contributed by atoms with Crippen LogP contribution >= 0.6 is 24.0 Å². The lowest BCUT2D eigenvalue weighted by molar-refractivity contribution is 0.346. The van der Waals surface area contributed by atoms with Crippen LogP contribution in [0.3, 0.4) is 0 Å². The van der Waals surface area contributed by atoms with Gasteiger partial charge in [0.1, 0.15) is 0 Å². The molecular weight excluding hydrogens is 128 g/mol. The van der Waals surface area contributed by atoms with Crippen LogP contribution in [0.2, 0.25) is 0 Å². The van der Waals surface area contributed by atoms with Crippen molar-refractivity contribution in [2.75, 3.05) is 6.61 Å². The van der Waals surface area contributed by atoms with Gasteiger partial charge in [0.2, 0.25) is 4.38 Å². The molecule has 0 heterocycles. The number of hydrogen-bond acceptors (Lipinski definition) is 3. The van der Waals surface area contributed by atoms with Gasteiger partial charge in [-0.2, -0.15) is 0 Å². The fraction of sp³-hybridized carbons (Fsp3) is 0.500. The smallest absolute Gasteiger partial charge is 0.219 e. The van der Waals surface area contributed by atoms with Gasteiger partial charge in [-0.05, 0) is 19.1 Å². The Labute approximate surface area is 53.4 Å². The third-order valence-electron chi connectivity index (χ3n) is 0.380. The zero-order valence-electron chi connectivity index (χ0n) is 4.14. The predicted molar refractivity (Wildman–Crippen MR) is 37.2 cm³/mol. The summed E-state index contributed by atoms with van der Waals surface area (Å²) in [6.45, 7) is 2.53. The predicted octanol–water partition coefficient (Wildman–Crippen LogP) is 1.83. The van der Waals surface area contributed by atoms with E-state index < -0.39 is 0 Å². The zero-order valence-corrected chi connectivity index (χ0v) is 5.77. The number of thioether (sulfide) groups is 1. The van der Waals surface area contributed by atoms with Gasteiger partial charge < -0.3 is 4.74 Å². The van der Waals surface area contributed by atoms with Crippen LogP contribution in [0, 0.1) is 6.26 Å². The largest absolute Gasteiger partial charge is 0.479 e. The van der Waals surface area contributed by atoms with E-state index in [0.29, 0.717) is 11.0 Å². The van der Waals surface area contributed by atoms with Crippen molar-refractivity contribution in [1.29, 1.82) is 0 Å². The SMILES string of the molecule is [CH2]SC(=S)OCC. The van der Waals surface area contributed by atoms with Crippen molar-refractivity contribution in [3.8, 4) is 0 Å². The molecule has 1 radical (unpaired) electrons. The van der Waals surface area contributed by atoms with Crippen LogP contribution in [0.1, 0.15) is 6.92 Å². The first-order chi connectivity index (χ1) is 3.31. The number of ether oxygens (including phenoxy) is 1. The Morgan fingerprint density at radius 1 is 2.00 bits per heavy atom. The van der Waals surface area contributed by atoms with E-state index in [1.807, 2.05) is 6.92 Å². The third kappa shape index (κ3) is 4.09. The molecule has 0 aliphatic carbocycles. The van der Waals surface area contributed by atoms with E-state index in [1.54, 1.807) is 0 Å². The Morgan fingerprint density at radius 2 is 2.57 bits per heavy atom. The van der Waals surface area contributed by atoms with E-state index in [0.717, 1.165) is 0 Å². The van der Waals surface area contributed by atoms with Gasteiger partial charge in [0.05, 0.1) is 6.61 Å². The molecule has 0 amide bonds. The van der Waals surface area contributed by atoms with Gasteiger partial charge in [-0.3, -0.25) is 0 Å². The highest BCUT2D eigenvalue weighted by Crippen LogP contribution is 2.00. The maximum atomic E-state index is 4.82. The highest BCUT2D eigenvalue weighted by atomic mass is 32.2.